The maximum Gasteiger partial charge on any atom is 0.220 e. The Hall–Kier alpha value is -2.67. The van der Waals surface area contributed by atoms with Crippen molar-refractivity contribution in [3.63, 3.8) is 0 Å². The summed E-state index contributed by atoms with van der Waals surface area (Å²) in [6, 6.07) is 11.8. The van der Waals surface area contributed by atoms with Gasteiger partial charge in [0.05, 0.1) is 12.1 Å². The second-order valence-electron chi connectivity index (χ2n) is 8.25. The summed E-state index contributed by atoms with van der Waals surface area (Å²) in [5.74, 6) is -0.0996. The van der Waals surface area contributed by atoms with Gasteiger partial charge in [-0.1, -0.05) is 30.3 Å². The molecule has 0 radical (unpaired) electrons. The highest BCUT2D eigenvalue weighted by atomic mass is 16.3. The minimum absolute atomic E-state index is 0.0284. The number of hydrogen-bond donors (Lipinski definition) is 3. The van der Waals surface area contributed by atoms with Gasteiger partial charge >= 0.3 is 0 Å². The molecule has 0 bridgehead atoms. The average molecular weight is 413 g/mol. The minimum Gasteiger partial charge on any atom is -0.391 e. The molecular weight excluding hydrogens is 380 g/mol. The lowest BCUT2D eigenvalue weighted by Gasteiger charge is -2.34. The Labute approximate surface area is 177 Å². The normalized spacial score (nSPS) is 24.1. The van der Waals surface area contributed by atoms with Crippen molar-refractivity contribution in [2.75, 3.05) is 6.54 Å². The van der Waals surface area contributed by atoms with Crippen molar-refractivity contribution in [2.24, 2.45) is 0 Å². The van der Waals surface area contributed by atoms with Crippen molar-refractivity contribution in [3.8, 4) is 0 Å². The van der Waals surface area contributed by atoms with Gasteiger partial charge in [0, 0.05) is 44.2 Å². The Morgan fingerprint density at radius 2 is 1.97 bits per heavy atom. The highest BCUT2D eigenvalue weighted by molar-refractivity contribution is 5.76. The molecule has 3 rings (SSSR count). The van der Waals surface area contributed by atoms with Gasteiger partial charge in [0.25, 0.3) is 0 Å². The topological polar surface area (TPSA) is 96.3 Å². The van der Waals surface area contributed by atoms with E-state index in [0.29, 0.717) is 25.8 Å². The molecule has 0 unspecified atom stereocenters. The fraction of sp³-hybridized carbons (Fsp3) is 0.522. The fourth-order valence-electron chi connectivity index (χ4n) is 4.35. The molecule has 1 aliphatic rings. The van der Waals surface area contributed by atoms with Crippen LogP contribution in [0.3, 0.4) is 0 Å². The summed E-state index contributed by atoms with van der Waals surface area (Å²) < 4.78 is 1.83. The minimum atomic E-state index is -0.579. The molecule has 2 aromatic rings. The Kier molecular flexibility index (Phi) is 7.63. The summed E-state index contributed by atoms with van der Waals surface area (Å²) in [5, 5.41) is 20.7. The average Bonchev–Trinajstić information content (AvgIpc) is 3.20. The molecule has 1 saturated carbocycles. The van der Waals surface area contributed by atoms with E-state index in [2.05, 4.69) is 27.9 Å². The standard InChI is InChI=1S/C23H32N4O3/c1-18(28)26-20-10-12-23(13-11-21(20)29,19-7-3-2-4-8-19)17-24-22(30)9-5-15-27-16-6-14-25-27/h2-4,6-8,14,16,20-21,29H,5,9-13,15,17H2,1H3,(H,24,30)(H,26,28)/t20-,21-,23-/m0/s1. The quantitative estimate of drug-likeness (QED) is 0.579. The van der Waals surface area contributed by atoms with Crippen molar-refractivity contribution in [1.82, 2.24) is 20.4 Å². The monoisotopic (exact) mass is 412 g/mol. The molecule has 1 fully saturated rings. The number of amides is 2. The Morgan fingerprint density at radius 1 is 1.20 bits per heavy atom. The van der Waals surface area contributed by atoms with Crippen LogP contribution in [0.25, 0.3) is 0 Å². The van der Waals surface area contributed by atoms with Gasteiger partial charge in [-0.2, -0.15) is 5.10 Å². The van der Waals surface area contributed by atoms with Gasteiger partial charge < -0.3 is 15.7 Å². The van der Waals surface area contributed by atoms with Crippen LogP contribution in [0.4, 0.5) is 0 Å². The zero-order valence-corrected chi connectivity index (χ0v) is 17.6. The van der Waals surface area contributed by atoms with Gasteiger partial charge in [-0.05, 0) is 43.7 Å². The Balaban J connectivity index is 1.64. The van der Waals surface area contributed by atoms with Crippen molar-refractivity contribution in [2.45, 2.75) is 69.6 Å². The van der Waals surface area contributed by atoms with E-state index >= 15 is 0 Å². The third kappa shape index (κ3) is 5.92. The van der Waals surface area contributed by atoms with Gasteiger partial charge in [-0.3, -0.25) is 14.3 Å². The molecule has 2 amide bonds. The van der Waals surface area contributed by atoms with E-state index in [1.54, 1.807) is 6.20 Å². The molecule has 30 heavy (non-hydrogen) atoms. The van der Waals surface area contributed by atoms with Crippen LogP contribution in [-0.4, -0.2) is 45.4 Å². The number of hydrogen-bond acceptors (Lipinski definition) is 4. The zero-order valence-electron chi connectivity index (χ0n) is 17.6. The number of rotatable bonds is 8. The van der Waals surface area contributed by atoms with Gasteiger partial charge in [0.2, 0.25) is 11.8 Å². The van der Waals surface area contributed by atoms with Gasteiger partial charge in [0.15, 0.2) is 0 Å². The van der Waals surface area contributed by atoms with Crippen LogP contribution < -0.4 is 10.6 Å². The molecule has 1 aliphatic carbocycles. The van der Waals surface area contributed by atoms with E-state index < -0.39 is 6.10 Å². The molecule has 162 valence electrons. The molecule has 3 N–H and O–H groups in total. The first kappa shape index (κ1) is 22.0. The van der Waals surface area contributed by atoms with Gasteiger partial charge in [-0.25, -0.2) is 0 Å². The molecule has 1 heterocycles. The van der Waals surface area contributed by atoms with E-state index in [0.717, 1.165) is 31.4 Å². The molecule has 7 nitrogen and oxygen atoms in total. The summed E-state index contributed by atoms with van der Waals surface area (Å²) in [6.45, 7) is 2.72. The first-order chi connectivity index (χ1) is 14.5. The number of aliphatic hydroxyl groups is 1. The lowest BCUT2D eigenvalue weighted by atomic mass is 9.74. The van der Waals surface area contributed by atoms with E-state index in [1.807, 2.05) is 35.1 Å². The van der Waals surface area contributed by atoms with Crippen LogP contribution in [0.2, 0.25) is 0 Å². The second-order valence-corrected chi connectivity index (χ2v) is 8.25. The summed E-state index contributed by atoms with van der Waals surface area (Å²) in [7, 11) is 0. The highest BCUT2D eigenvalue weighted by Gasteiger charge is 2.38. The van der Waals surface area contributed by atoms with Gasteiger partial charge in [-0.15, -0.1) is 0 Å². The van der Waals surface area contributed by atoms with Crippen molar-refractivity contribution in [3.05, 3.63) is 54.4 Å². The first-order valence-electron chi connectivity index (χ1n) is 10.7. The number of nitrogens with zero attached hydrogens (tertiary/aromatic N) is 2. The third-order valence-corrected chi connectivity index (χ3v) is 6.07. The van der Waals surface area contributed by atoms with Crippen LogP contribution >= 0.6 is 0 Å². The summed E-state index contributed by atoms with van der Waals surface area (Å²) in [4.78, 5) is 24.0. The van der Waals surface area contributed by atoms with E-state index in [9.17, 15) is 14.7 Å². The predicted octanol–water partition coefficient (Wildman–Crippen LogP) is 2.16. The molecule has 0 aliphatic heterocycles. The lowest BCUT2D eigenvalue weighted by molar-refractivity contribution is -0.122. The summed E-state index contributed by atoms with van der Waals surface area (Å²) in [6.07, 6.45) is 7.01. The van der Waals surface area contributed by atoms with Crippen LogP contribution in [-0.2, 0) is 21.5 Å². The Morgan fingerprint density at radius 3 is 2.67 bits per heavy atom. The SMILES string of the molecule is CC(=O)N[C@H]1CC[C@](CNC(=O)CCCn2cccn2)(c2ccccc2)CC[C@@H]1O. The lowest BCUT2D eigenvalue weighted by Crippen LogP contribution is -2.42. The second kappa shape index (κ2) is 10.4. The number of carbonyl (C=O) groups is 2. The van der Waals surface area contributed by atoms with Crippen LogP contribution in [0.5, 0.6) is 0 Å². The number of benzene rings is 1. The van der Waals surface area contributed by atoms with Crippen molar-refractivity contribution < 1.29 is 14.7 Å². The highest BCUT2D eigenvalue weighted by Crippen LogP contribution is 2.38. The molecule has 3 atom stereocenters. The predicted molar refractivity (Wildman–Crippen MR) is 115 cm³/mol. The van der Waals surface area contributed by atoms with Gasteiger partial charge in [0.1, 0.15) is 0 Å². The summed E-state index contributed by atoms with van der Waals surface area (Å²) in [5.41, 5.74) is 0.908. The first-order valence-corrected chi connectivity index (χ1v) is 10.7. The van der Waals surface area contributed by atoms with Crippen LogP contribution in [0.15, 0.2) is 48.8 Å². The molecule has 0 saturated heterocycles. The van der Waals surface area contributed by atoms with Crippen molar-refractivity contribution >= 4 is 11.8 Å². The number of aliphatic hydroxyl groups excluding tert-OH is 1. The fourth-order valence-corrected chi connectivity index (χ4v) is 4.35. The van der Waals surface area contributed by atoms with Crippen LogP contribution in [0, 0.1) is 0 Å². The summed E-state index contributed by atoms with van der Waals surface area (Å²) >= 11 is 0. The largest absolute Gasteiger partial charge is 0.391 e. The molecular formula is C23H32N4O3. The maximum atomic E-state index is 12.5. The molecule has 0 spiro atoms. The number of aromatic nitrogens is 2. The number of nitrogens with one attached hydrogen (secondary N) is 2. The smallest absolute Gasteiger partial charge is 0.220 e. The third-order valence-electron chi connectivity index (χ3n) is 6.07. The van der Waals surface area contributed by atoms with Crippen LogP contribution in [0.1, 0.15) is 51.0 Å². The molecule has 1 aromatic carbocycles. The maximum absolute atomic E-state index is 12.5. The molecule has 7 heteroatoms. The molecule has 1 aromatic heterocycles. The van der Waals surface area contributed by atoms with E-state index in [-0.39, 0.29) is 23.3 Å². The zero-order chi connectivity index (χ0) is 21.4. The Bertz CT molecular complexity index is 809. The van der Waals surface area contributed by atoms with E-state index in [4.69, 9.17) is 0 Å². The number of carbonyl (C=O) groups excluding carboxylic acids is 2. The van der Waals surface area contributed by atoms with Crippen molar-refractivity contribution in [1.29, 1.82) is 0 Å². The number of aryl methyl sites for hydroxylation is 1. The van der Waals surface area contributed by atoms with E-state index in [1.165, 1.54) is 6.92 Å².